The van der Waals surface area contributed by atoms with E-state index < -0.39 is 0 Å². The van der Waals surface area contributed by atoms with Crippen molar-refractivity contribution in [3.63, 3.8) is 0 Å². The van der Waals surface area contributed by atoms with Crippen molar-refractivity contribution in [3.05, 3.63) is 16.9 Å². The van der Waals surface area contributed by atoms with Crippen molar-refractivity contribution in [2.45, 2.75) is 6.92 Å². The van der Waals surface area contributed by atoms with E-state index in [2.05, 4.69) is 15.5 Å². The fourth-order valence-corrected chi connectivity index (χ4v) is 0.857. The Balaban J connectivity index is 2.76. The summed E-state index contributed by atoms with van der Waals surface area (Å²) in [6.45, 7) is 2.41. The SMILES string of the molecule is CCNC(=O)c1[nH]ncc1Cl. The van der Waals surface area contributed by atoms with Gasteiger partial charge in [0.25, 0.3) is 5.91 Å². The lowest BCUT2D eigenvalue weighted by Crippen LogP contribution is -2.23. The third-order valence-corrected chi connectivity index (χ3v) is 1.44. The fourth-order valence-electron chi connectivity index (χ4n) is 0.680. The minimum absolute atomic E-state index is 0.227. The molecule has 5 heteroatoms. The number of nitrogens with zero attached hydrogens (tertiary/aromatic N) is 1. The molecule has 2 N–H and O–H groups in total. The zero-order chi connectivity index (χ0) is 8.27. The Bertz CT molecular complexity index is 258. The highest BCUT2D eigenvalue weighted by molar-refractivity contribution is 6.33. The average Bonchev–Trinajstić information content (AvgIpc) is 2.36. The number of H-pyrrole nitrogens is 1. The van der Waals surface area contributed by atoms with Crippen molar-refractivity contribution >= 4 is 17.5 Å². The van der Waals surface area contributed by atoms with Crippen LogP contribution in [-0.2, 0) is 0 Å². The lowest BCUT2D eigenvalue weighted by molar-refractivity contribution is 0.0951. The van der Waals surface area contributed by atoms with Crippen LogP contribution in [0.3, 0.4) is 0 Å². The number of carbonyl (C=O) groups is 1. The topological polar surface area (TPSA) is 57.8 Å². The van der Waals surface area contributed by atoms with E-state index in [1.54, 1.807) is 0 Å². The molecule has 0 bridgehead atoms. The molecule has 4 nitrogen and oxygen atoms in total. The molecule has 1 rings (SSSR count). The van der Waals surface area contributed by atoms with Gasteiger partial charge in [-0.1, -0.05) is 11.6 Å². The second kappa shape index (κ2) is 3.39. The molecule has 0 atom stereocenters. The summed E-state index contributed by atoms with van der Waals surface area (Å²) >= 11 is 5.62. The summed E-state index contributed by atoms with van der Waals surface area (Å²) in [6, 6.07) is 0. The first-order chi connectivity index (χ1) is 5.25. The molecule has 0 aromatic carbocycles. The number of aromatic nitrogens is 2. The normalized spacial score (nSPS) is 9.64. The molecule has 0 unspecified atom stereocenters. The summed E-state index contributed by atoms with van der Waals surface area (Å²) in [5.41, 5.74) is 0.313. The smallest absolute Gasteiger partial charge is 0.270 e. The van der Waals surface area contributed by atoms with Gasteiger partial charge in [0, 0.05) is 6.54 Å². The molecule has 1 aromatic heterocycles. The van der Waals surface area contributed by atoms with E-state index in [1.165, 1.54) is 6.20 Å². The number of hydrogen-bond donors (Lipinski definition) is 2. The summed E-state index contributed by atoms with van der Waals surface area (Å²) < 4.78 is 0. The maximum Gasteiger partial charge on any atom is 0.270 e. The van der Waals surface area contributed by atoms with Gasteiger partial charge in [-0.3, -0.25) is 9.89 Å². The van der Waals surface area contributed by atoms with Gasteiger partial charge in [-0.05, 0) is 6.92 Å². The summed E-state index contributed by atoms with van der Waals surface area (Å²) in [7, 11) is 0. The fraction of sp³-hybridized carbons (Fsp3) is 0.333. The third-order valence-electron chi connectivity index (χ3n) is 1.16. The summed E-state index contributed by atoms with van der Waals surface area (Å²) in [5, 5.41) is 9.04. The van der Waals surface area contributed by atoms with Gasteiger partial charge in [0.2, 0.25) is 0 Å². The largest absolute Gasteiger partial charge is 0.351 e. The number of carbonyl (C=O) groups excluding carboxylic acids is 1. The lowest BCUT2D eigenvalue weighted by atomic mass is 10.4. The quantitative estimate of drug-likeness (QED) is 0.696. The van der Waals surface area contributed by atoms with Crippen LogP contribution in [0.1, 0.15) is 17.4 Å². The molecule has 0 radical (unpaired) electrons. The van der Waals surface area contributed by atoms with Crippen LogP contribution in [0.4, 0.5) is 0 Å². The summed E-state index contributed by atoms with van der Waals surface area (Å²) in [5.74, 6) is -0.227. The van der Waals surface area contributed by atoms with Gasteiger partial charge in [0.15, 0.2) is 0 Å². The van der Waals surface area contributed by atoms with Crippen LogP contribution in [0, 0.1) is 0 Å². The Labute approximate surface area is 68.9 Å². The Morgan fingerprint density at radius 3 is 3.09 bits per heavy atom. The van der Waals surface area contributed by atoms with E-state index >= 15 is 0 Å². The standard InChI is InChI=1S/C6H8ClN3O/c1-2-8-6(11)5-4(7)3-9-10-5/h3H,2H2,1H3,(H,8,11)(H,9,10). The van der Waals surface area contributed by atoms with Crippen molar-refractivity contribution in [2.75, 3.05) is 6.54 Å². The van der Waals surface area contributed by atoms with E-state index in [0.717, 1.165) is 0 Å². The van der Waals surface area contributed by atoms with Crippen LogP contribution in [0.25, 0.3) is 0 Å². The zero-order valence-corrected chi connectivity index (χ0v) is 6.77. The summed E-state index contributed by atoms with van der Waals surface area (Å²) in [4.78, 5) is 11.1. The van der Waals surface area contributed by atoms with E-state index in [-0.39, 0.29) is 5.91 Å². The monoisotopic (exact) mass is 173 g/mol. The number of nitrogens with one attached hydrogen (secondary N) is 2. The van der Waals surface area contributed by atoms with E-state index in [0.29, 0.717) is 17.3 Å². The first kappa shape index (κ1) is 8.07. The van der Waals surface area contributed by atoms with Crippen molar-refractivity contribution in [1.29, 1.82) is 0 Å². The maximum absolute atomic E-state index is 11.1. The van der Waals surface area contributed by atoms with Gasteiger partial charge in [0.1, 0.15) is 5.69 Å². The highest BCUT2D eigenvalue weighted by Gasteiger charge is 2.09. The van der Waals surface area contributed by atoms with Gasteiger partial charge in [0.05, 0.1) is 11.2 Å². The lowest BCUT2D eigenvalue weighted by Gasteiger charge is -1.97. The maximum atomic E-state index is 11.1. The van der Waals surface area contributed by atoms with Gasteiger partial charge in [-0.2, -0.15) is 5.10 Å². The van der Waals surface area contributed by atoms with E-state index in [4.69, 9.17) is 11.6 Å². The molecule has 0 aliphatic rings. The average molecular weight is 174 g/mol. The Morgan fingerprint density at radius 1 is 1.91 bits per heavy atom. The number of amides is 1. The molecule has 0 aliphatic carbocycles. The van der Waals surface area contributed by atoms with E-state index in [1.807, 2.05) is 6.92 Å². The molecule has 60 valence electrons. The molecule has 0 spiro atoms. The Morgan fingerprint density at radius 2 is 2.64 bits per heavy atom. The van der Waals surface area contributed by atoms with Crippen molar-refractivity contribution in [1.82, 2.24) is 15.5 Å². The van der Waals surface area contributed by atoms with Gasteiger partial charge < -0.3 is 5.32 Å². The van der Waals surface area contributed by atoms with Crippen LogP contribution in [-0.4, -0.2) is 22.6 Å². The minimum Gasteiger partial charge on any atom is -0.351 e. The number of halogens is 1. The third kappa shape index (κ3) is 1.71. The van der Waals surface area contributed by atoms with Crippen LogP contribution < -0.4 is 5.32 Å². The number of hydrogen-bond acceptors (Lipinski definition) is 2. The zero-order valence-electron chi connectivity index (χ0n) is 6.02. The highest BCUT2D eigenvalue weighted by atomic mass is 35.5. The Kier molecular flexibility index (Phi) is 2.48. The molecule has 1 heterocycles. The van der Waals surface area contributed by atoms with E-state index in [9.17, 15) is 4.79 Å². The highest BCUT2D eigenvalue weighted by Crippen LogP contribution is 2.10. The van der Waals surface area contributed by atoms with Crippen molar-refractivity contribution < 1.29 is 4.79 Å². The van der Waals surface area contributed by atoms with Crippen molar-refractivity contribution in [2.24, 2.45) is 0 Å². The number of aromatic amines is 1. The molecule has 1 aromatic rings. The molecule has 0 aliphatic heterocycles. The first-order valence-corrected chi connectivity index (χ1v) is 3.60. The van der Waals surface area contributed by atoms with Gasteiger partial charge in [-0.25, -0.2) is 0 Å². The second-order valence-electron chi connectivity index (χ2n) is 1.95. The minimum atomic E-state index is -0.227. The molecule has 0 saturated heterocycles. The predicted molar refractivity (Wildman–Crippen MR) is 41.6 cm³/mol. The van der Waals surface area contributed by atoms with Crippen LogP contribution in [0.2, 0.25) is 5.02 Å². The molecule has 1 amide bonds. The van der Waals surface area contributed by atoms with Crippen LogP contribution in [0.5, 0.6) is 0 Å². The van der Waals surface area contributed by atoms with Crippen LogP contribution in [0.15, 0.2) is 6.20 Å². The molecule has 0 fully saturated rings. The van der Waals surface area contributed by atoms with Gasteiger partial charge in [-0.15, -0.1) is 0 Å². The van der Waals surface area contributed by atoms with Crippen molar-refractivity contribution in [3.8, 4) is 0 Å². The molecular formula is C6H8ClN3O. The molecule has 0 saturated carbocycles. The Hall–Kier alpha value is -1.03. The number of rotatable bonds is 2. The summed E-state index contributed by atoms with van der Waals surface area (Å²) in [6.07, 6.45) is 1.39. The molecule has 11 heavy (non-hydrogen) atoms. The van der Waals surface area contributed by atoms with Gasteiger partial charge >= 0.3 is 0 Å². The first-order valence-electron chi connectivity index (χ1n) is 3.22. The second-order valence-corrected chi connectivity index (χ2v) is 2.36. The predicted octanol–water partition coefficient (Wildman–Crippen LogP) is 0.813. The molecular weight excluding hydrogens is 166 g/mol. The van der Waals surface area contributed by atoms with Crippen LogP contribution >= 0.6 is 11.6 Å².